The van der Waals surface area contributed by atoms with Crippen LogP contribution in [0.1, 0.15) is 15.9 Å². The lowest BCUT2D eigenvalue weighted by molar-refractivity contribution is -0.137. The maximum atomic E-state index is 13.0. The van der Waals surface area contributed by atoms with Crippen molar-refractivity contribution >= 4 is 52.5 Å². The van der Waals surface area contributed by atoms with Crippen LogP contribution < -0.4 is 5.32 Å². The number of esters is 1. The molecule has 27 heavy (non-hydrogen) atoms. The number of carbonyl (C=O) groups is 2. The van der Waals surface area contributed by atoms with E-state index in [0.29, 0.717) is 0 Å². The third-order valence-corrected chi connectivity index (χ3v) is 4.68. The van der Waals surface area contributed by atoms with Gasteiger partial charge in [-0.3, -0.25) is 4.79 Å². The number of amides is 1. The van der Waals surface area contributed by atoms with Gasteiger partial charge in [-0.25, -0.2) is 4.79 Å². The van der Waals surface area contributed by atoms with Crippen LogP contribution in [0, 0.1) is 0 Å². The largest absolute Gasteiger partial charge is 0.452 e. The van der Waals surface area contributed by atoms with E-state index in [0.717, 1.165) is 17.0 Å². The Kier molecular flexibility index (Phi) is 7.02. The maximum Gasteiger partial charge on any atom is 0.418 e. The molecule has 2 rings (SSSR count). The fourth-order valence-corrected chi connectivity index (χ4v) is 2.92. The Bertz CT molecular complexity index is 875. The molecule has 144 valence electrons. The normalized spacial score (nSPS) is 11.2. The zero-order chi connectivity index (χ0) is 20.2. The Morgan fingerprint density at radius 1 is 1.15 bits per heavy atom. The molecule has 10 heteroatoms. The summed E-state index contributed by atoms with van der Waals surface area (Å²) in [6.45, 7) is -0.804. The molecule has 0 saturated heterocycles. The number of nitrogens with one attached hydrogen (secondary N) is 1. The molecule has 0 radical (unpaired) electrons. The zero-order valence-electron chi connectivity index (χ0n) is 13.7. The number of para-hydroxylation sites is 1. The van der Waals surface area contributed by atoms with Crippen molar-refractivity contribution in [1.29, 1.82) is 0 Å². The van der Waals surface area contributed by atoms with Crippen LogP contribution in [0.5, 0.6) is 0 Å². The van der Waals surface area contributed by atoms with Gasteiger partial charge in [-0.15, -0.1) is 11.8 Å². The van der Waals surface area contributed by atoms with E-state index in [1.807, 2.05) is 5.32 Å². The molecule has 0 fully saturated rings. The van der Waals surface area contributed by atoms with Crippen molar-refractivity contribution in [3.8, 4) is 0 Å². The predicted octanol–water partition coefficient (Wildman–Crippen LogP) is 5.53. The molecule has 0 aliphatic carbocycles. The van der Waals surface area contributed by atoms with Gasteiger partial charge in [0.1, 0.15) is 0 Å². The molecule has 2 aromatic carbocycles. The van der Waals surface area contributed by atoms with E-state index in [1.165, 1.54) is 30.0 Å². The highest BCUT2D eigenvalue weighted by molar-refractivity contribution is 7.98. The van der Waals surface area contributed by atoms with E-state index >= 15 is 0 Å². The number of anilines is 1. The molecule has 0 unspecified atom stereocenters. The van der Waals surface area contributed by atoms with Crippen molar-refractivity contribution in [3.63, 3.8) is 0 Å². The van der Waals surface area contributed by atoms with Crippen LogP contribution in [0.2, 0.25) is 10.0 Å². The van der Waals surface area contributed by atoms with Crippen molar-refractivity contribution in [2.24, 2.45) is 0 Å². The Balaban J connectivity index is 2.09. The summed E-state index contributed by atoms with van der Waals surface area (Å²) >= 11 is 13.1. The van der Waals surface area contributed by atoms with Gasteiger partial charge in [0, 0.05) is 4.90 Å². The van der Waals surface area contributed by atoms with Crippen molar-refractivity contribution in [3.05, 3.63) is 57.6 Å². The van der Waals surface area contributed by atoms with Crippen LogP contribution in [0.15, 0.2) is 41.3 Å². The molecular formula is C17H12Cl2F3NO3S. The summed E-state index contributed by atoms with van der Waals surface area (Å²) in [5.41, 5.74) is -1.66. The number of alkyl halides is 3. The number of hydrogen-bond acceptors (Lipinski definition) is 4. The molecule has 1 N–H and O–H groups in total. The van der Waals surface area contributed by atoms with Gasteiger partial charge in [-0.2, -0.15) is 13.2 Å². The van der Waals surface area contributed by atoms with E-state index < -0.39 is 35.9 Å². The van der Waals surface area contributed by atoms with Gasteiger partial charge in [0.05, 0.1) is 26.9 Å². The number of ether oxygens (including phenoxy) is 1. The van der Waals surface area contributed by atoms with Crippen molar-refractivity contribution in [2.45, 2.75) is 11.1 Å². The van der Waals surface area contributed by atoms with E-state index in [4.69, 9.17) is 27.9 Å². The lowest BCUT2D eigenvalue weighted by Gasteiger charge is -2.15. The summed E-state index contributed by atoms with van der Waals surface area (Å²) < 4.78 is 43.9. The topological polar surface area (TPSA) is 55.4 Å². The summed E-state index contributed by atoms with van der Waals surface area (Å²) in [5.74, 6) is -1.85. The molecule has 0 spiro atoms. The second-order valence-corrected chi connectivity index (χ2v) is 6.82. The monoisotopic (exact) mass is 437 g/mol. The molecule has 4 nitrogen and oxygen atoms in total. The second-order valence-electron chi connectivity index (χ2n) is 5.13. The summed E-state index contributed by atoms with van der Waals surface area (Å²) in [5, 5.41) is 1.86. The number of halogens is 5. The van der Waals surface area contributed by atoms with Gasteiger partial charge in [-0.05, 0) is 36.6 Å². The van der Waals surface area contributed by atoms with Gasteiger partial charge in [0.2, 0.25) is 0 Å². The zero-order valence-corrected chi connectivity index (χ0v) is 16.0. The quantitative estimate of drug-likeness (QED) is 0.493. The lowest BCUT2D eigenvalue weighted by atomic mass is 10.1. The summed E-state index contributed by atoms with van der Waals surface area (Å²) in [4.78, 5) is 24.8. The molecule has 0 heterocycles. The van der Waals surface area contributed by atoms with Crippen LogP contribution >= 0.6 is 35.0 Å². The van der Waals surface area contributed by atoms with Gasteiger partial charge in [-0.1, -0.05) is 29.3 Å². The fourth-order valence-electron chi connectivity index (χ4n) is 2.06. The highest BCUT2D eigenvalue weighted by Gasteiger charge is 2.34. The van der Waals surface area contributed by atoms with Gasteiger partial charge >= 0.3 is 12.1 Å². The molecular weight excluding hydrogens is 426 g/mol. The first-order valence-electron chi connectivity index (χ1n) is 7.29. The van der Waals surface area contributed by atoms with Gasteiger partial charge in [0.15, 0.2) is 6.61 Å². The first-order valence-corrected chi connectivity index (χ1v) is 9.27. The van der Waals surface area contributed by atoms with E-state index in [1.54, 1.807) is 12.3 Å². The Morgan fingerprint density at radius 3 is 2.48 bits per heavy atom. The fraction of sp³-hybridized carbons (Fsp3) is 0.176. The molecule has 2 aromatic rings. The van der Waals surface area contributed by atoms with Crippen LogP contribution in [0.4, 0.5) is 18.9 Å². The van der Waals surface area contributed by atoms with Crippen LogP contribution in [0.3, 0.4) is 0 Å². The maximum absolute atomic E-state index is 13.0. The van der Waals surface area contributed by atoms with Gasteiger partial charge < -0.3 is 10.1 Å². The number of carbonyl (C=O) groups excluding carboxylic acids is 2. The first-order chi connectivity index (χ1) is 12.6. The second kappa shape index (κ2) is 8.86. The van der Waals surface area contributed by atoms with Gasteiger partial charge in [0.25, 0.3) is 5.91 Å². The minimum Gasteiger partial charge on any atom is -0.452 e. The van der Waals surface area contributed by atoms with Crippen LogP contribution in [0.25, 0.3) is 0 Å². The predicted molar refractivity (Wildman–Crippen MR) is 98.6 cm³/mol. The number of rotatable bonds is 5. The molecule has 0 atom stereocenters. The highest BCUT2D eigenvalue weighted by atomic mass is 35.5. The van der Waals surface area contributed by atoms with Crippen LogP contribution in [-0.2, 0) is 15.7 Å². The SMILES string of the molecule is CSc1ccc(Cl)c(C(=O)OCC(=O)Nc2c(Cl)cccc2C(F)(F)F)c1. The minimum atomic E-state index is -4.71. The van der Waals surface area contributed by atoms with E-state index in [-0.39, 0.29) is 15.6 Å². The minimum absolute atomic E-state index is 0.0463. The summed E-state index contributed by atoms with van der Waals surface area (Å²) in [7, 11) is 0. The number of benzene rings is 2. The highest BCUT2D eigenvalue weighted by Crippen LogP contribution is 2.38. The van der Waals surface area contributed by atoms with E-state index in [2.05, 4.69) is 0 Å². The lowest BCUT2D eigenvalue weighted by Crippen LogP contribution is -2.23. The van der Waals surface area contributed by atoms with Crippen molar-refractivity contribution in [2.75, 3.05) is 18.2 Å². The standard InChI is InChI=1S/C17H12Cl2F3NO3S/c1-27-9-5-6-12(18)10(7-9)16(25)26-8-14(24)23-15-11(17(20,21)22)3-2-4-13(15)19/h2-7H,8H2,1H3,(H,23,24). The van der Waals surface area contributed by atoms with Crippen molar-refractivity contribution < 1.29 is 27.5 Å². The first kappa shape index (κ1) is 21.4. The molecule has 0 aliphatic rings. The Labute approximate surface area is 167 Å². The third kappa shape index (κ3) is 5.54. The molecule has 0 aromatic heterocycles. The summed E-state index contributed by atoms with van der Waals surface area (Å²) in [6, 6.07) is 7.79. The smallest absolute Gasteiger partial charge is 0.418 e. The molecule has 0 bridgehead atoms. The average molecular weight is 438 g/mol. The molecule has 0 aliphatic heterocycles. The number of hydrogen-bond donors (Lipinski definition) is 1. The summed E-state index contributed by atoms with van der Waals surface area (Å²) in [6.07, 6.45) is -2.91. The molecule has 1 amide bonds. The number of thioether (sulfide) groups is 1. The average Bonchev–Trinajstić information content (AvgIpc) is 2.61. The van der Waals surface area contributed by atoms with E-state index in [9.17, 15) is 22.8 Å². The van der Waals surface area contributed by atoms with Crippen molar-refractivity contribution in [1.82, 2.24) is 0 Å². The Hall–Kier alpha value is -1.90. The molecule has 0 saturated carbocycles. The van der Waals surface area contributed by atoms with Crippen LogP contribution in [-0.4, -0.2) is 24.7 Å². The Morgan fingerprint density at radius 2 is 1.85 bits per heavy atom. The third-order valence-electron chi connectivity index (χ3n) is 3.31.